The second kappa shape index (κ2) is 10.2. The number of hydrogen-bond donors (Lipinski definition) is 1. The van der Waals surface area contributed by atoms with Crippen molar-refractivity contribution in [1.29, 1.82) is 0 Å². The lowest BCUT2D eigenvalue weighted by molar-refractivity contribution is -0.116. The van der Waals surface area contributed by atoms with Crippen molar-refractivity contribution < 1.29 is 14.3 Å². The Morgan fingerprint density at radius 3 is 2.32 bits per heavy atom. The third-order valence-corrected chi connectivity index (χ3v) is 5.78. The second-order valence-corrected chi connectivity index (χ2v) is 8.15. The molecule has 4 rings (SSSR count). The fraction of sp³-hybridized carbons (Fsp3) is 0.179. The summed E-state index contributed by atoms with van der Waals surface area (Å²) in [5, 5.41) is 3.68. The van der Waals surface area contributed by atoms with Crippen molar-refractivity contribution in [3.8, 4) is 5.75 Å². The molecule has 1 amide bonds. The molecule has 1 heterocycles. The van der Waals surface area contributed by atoms with Crippen LogP contribution in [0, 0.1) is 0 Å². The number of aryl methyl sites for hydroxylation is 2. The van der Waals surface area contributed by atoms with Gasteiger partial charge in [-0.2, -0.15) is 0 Å². The molecule has 6 heteroatoms. The molecule has 0 unspecified atom stereocenters. The van der Waals surface area contributed by atoms with Gasteiger partial charge in [-0.1, -0.05) is 30.3 Å². The molecule has 4 aromatic rings. The topological polar surface area (TPSA) is 77.4 Å². The van der Waals surface area contributed by atoms with Gasteiger partial charge in [-0.25, -0.2) is 0 Å². The van der Waals surface area contributed by atoms with Gasteiger partial charge in [-0.05, 0) is 73.2 Å². The highest BCUT2D eigenvalue weighted by atomic mass is 16.5. The molecule has 6 nitrogen and oxygen atoms in total. The van der Waals surface area contributed by atoms with E-state index >= 15 is 0 Å². The van der Waals surface area contributed by atoms with E-state index in [-0.39, 0.29) is 23.8 Å². The van der Waals surface area contributed by atoms with E-state index in [4.69, 9.17) is 4.74 Å². The average molecular weight is 455 g/mol. The first kappa shape index (κ1) is 23.0. The third-order valence-electron chi connectivity index (χ3n) is 5.78. The van der Waals surface area contributed by atoms with Crippen LogP contribution in [0.4, 0.5) is 5.69 Å². The first-order valence-corrected chi connectivity index (χ1v) is 11.1. The van der Waals surface area contributed by atoms with E-state index in [9.17, 15) is 14.4 Å². The minimum atomic E-state index is -0.331. The summed E-state index contributed by atoms with van der Waals surface area (Å²) in [4.78, 5) is 37.8. The minimum absolute atomic E-state index is 0.0443. The van der Waals surface area contributed by atoms with Gasteiger partial charge in [0.15, 0.2) is 5.78 Å². The number of amides is 1. The Bertz CT molecular complexity index is 1390. The molecule has 34 heavy (non-hydrogen) atoms. The molecule has 0 atom stereocenters. The normalized spacial score (nSPS) is 10.8. The van der Waals surface area contributed by atoms with E-state index in [1.807, 2.05) is 48.5 Å². The molecule has 0 aliphatic carbocycles. The zero-order valence-electron chi connectivity index (χ0n) is 19.2. The number of Topliss-reactive ketones (excluding diaryl/α,β-unsaturated/α-hetero) is 1. The van der Waals surface area contributed by atoms with E-state index in [0.29, 0.717) is 34.5 Å². The predicted molar refractivity (Wildman–Crippen MR) is 134 cm³/mol. The Hall–Kier alpha value is -4.19. The Morgan fingerprint density at radius 2 is 1.65 bits per heavy atom. The smallest absolute Gasteiger partial charge is 0.254 e. The quantitative estimate of drug-likeness (QED) is 0.394. The van der Waals surface area contributed by atoms with Crippen LogP contribution in [0.3, 0.4) is 0 Å². The molecular weight excluding hydrogens is 428 g/mol. The molecule has 0 saturated carbocycles. The van der Waals surface area contributed by atoms with Crippen molar-refractivity contribution in [3.05, 3.63) is 106 Å². The maximum absolute atomic E-state index is 13.4. The van der Waals surface area contributed by atoms with Crippen molar-refractivity contribution in [1.82, 2.24) is 4.57 Å². The number of anilines is 1. The van der Waals surface area contributed by atoms with Crippen molar-refractivity contribution in [2.24, 2.45) is 0 Å². The van der Waals surface area contributed by atoms with Crippen molar-refractivity contribution >= 4 is 28.3 Å². The Morgan fingerprint density at radius 1 is 0.912 bits per heavy atom. The van der Waals surface area contributed by atoms with Gasteiger partial charge in [0.1, 0.15) is 12.3 Å². The number of carbonyl (C=O) groups is 2. The SMILES string of the molecule is COc1ccc2cc(CCc3ccccc3)c(=O)n(CC(=O)Nc3ccc(C(C)=O)cc3)c2c1. The summed E-state index contributed by atoms with van der Waals surface area (Å²) in [6.45, 7) is 1.35. The number of nitrogens with one attached hydrogen (secondary N) is 1. The summed E-state index contributed by atoms with van der Waals surface area (Å²) in [6.07, 6.45) is 1.30. The molecule has 1 aromatic heterocycles. The largest absolute Gasteiger partial charge is 0.497 e. The average Bonchev–Trinajstić information content (AvgIpc) is 2.85. The highest BCUT2D eigenvalue weighted by Crippen LogP contribution is 2.21. The Kier molecular flexibility index (Phi) is 6.87. The minimum Gasteiger partial charge on any atom is -0.497 e. The molecule has 0 radical (unpaired) electrons. The van der Waals surface area contributed by atoms with Gasteiger partial charge in [0.05, 0.1) is 12.6 Å². The molecule has 0 spiro atoms. The summed E-state index contributed by atoms with van der Waals surface area (Å²) < 4.78 is 6.84. The zero-order valence-corrected chi connectivity index (χ0v) is 19.2. The lowest BCUT2D eigenvalue weighted by atomic mass is 10.0. The lowest BCUT2D eigenvalue weighted by Crippen LogP contribution is -2.30. The highest BCUT2D eigenvalue weighted by Gasteiger charge is 2.14. The van der Waals surface area contributed by atoms with E-state index < -0.39 is 0 Å². The van der Waals surface area contributed by atoms with Gasteiger partial charge in [0.2, 0.25) is 5.91 Å². The molecule has 0 aliphatic rings. The Balaban J connectivity index is 1.64. The number of pyridine rings is 1. The van der Waals surface area contributed by atoms with E-state index in [0.717, 1.165) is 17.4 Å². The summed E-state index contributed by atoms with van der Waals surface area (Å²) in [7, 11) is 1.56. The molecule has 0 saturated heterocycles. The van der Waals surface area contributed by atoms with Crippen molar-refractivity contribution in [2.45, 2.75) is 26.3 Å². The van der Waals surface area contributed by atoms with Gasteiger partial charge in [-0.3, -0.25) is 19.0 Å². The van der Waals surface area contributed by atoms with E-state index in [1.165, 1.54) is 11.5 Å². The number of methoxy groups -OCH3 is 1. The summed E-state index contributed by atoms with van der Waals surface area (Å²) in [5.41, 5.74) is 3.37. The molecule has 0 fully saturated rings. The number of fused-ring (bicyclic) bond motifs is 1. The first-order chi connectivity index (χ1) is 16.4. The van der Waals surface area contributed by atoms with Crippen LogP contribution in [0.15, 0.2) is 83.7 Å². The van der Waals surface area contributed by atoms with Crippen LogP contribution in [-0.4, -0.2) is 23.4 Å². The summed E-state index contributed by atoms with van der Waals surface area (Å²) in [5.74, 6) is 0.233. The fourth-order valence-corrected chi connectivity index (χ4v) is 3.93. The van der Waals surface area contributed by atoms with Crippen LogP contribution in [0.1, 0.15) is 28.4 Å². The number of aromatic nitrogens is 1. The molecule has 1 N–H and O–H groups in total. The van der Waals surface area contributed by atoms with E-state index in [1.54, 1.807) is 37.4 Å². The zero-order chi connectivity index (χ0) is 24.1. The van der Waals surface area contributed by atoms with Crippen LogP contribution in [-0.2, 0) is 24.2 Å². The maximum atomic E-state index is 13.4. The second-order valence-electron chi connectivity index (χ2n) is 8.15. The fourth-order valence-electron chi connectivity index (χ4n) is 3.93. The van der Waals surface area contributed by atoms with Crippen LogP contribution in [0.5, 0.6) is 5.75 Å². The van der Waals surface area contributed by atoms with Gasteiger partial charge >= 0.3 is 0 Å². The van der Waals surface area contributed by atoms with Gasteiger partial charge in [0.25, 0.3) is 5.56 Å². The summed E-state index contributed by atoms with van der Waals surface area (Å²) >= 11 is 0. The number of ether oxygens (including phenoxy) is 1. The molecule has 172 valence electrons. The number of ketones is 1. The van der Waals surface area contributed by atoms with Gasteiger partial charge in [0, 0.05) is 22.9 Å². The van der Waals surface area contributed by atoms with E-state index in [2.05, 4.69) is 5.32 Å². The number of benzene rings is 3. The highest BCUT2D eigenvalue weighted by molar-refractivity contribution is 5.96. The van der Waals surface area contributed by atoms with Gasteiger partial charge < -0.3 is 10.1 Å². The molecule has 0 bridgehead atoms. The molecular formula is C28H26N2O4. The number of rotatable bonds is 8. The van der Waals surface area contributed by atoms with Crippen molar-refractivity contribution in [3.63, 3.8) is 0 Å². The predicted octanol–water partition coefficient (Wildman–Crippen LogP) is 4.64. The Labute approximate surface area is 197 Å². The first-order valence-electron chi connectivity index (χ1n) is 11.1. The van der Waals surface area contributed by atoms with Crippen LogP contribution in [0.2, 0.25) is 0 Å². The van der Waals surface area contributed by atoms with Crippen LogP contribution >= 0.6 is 0 Å². The maximum Gasteiger partial charge on any atom is 0.254 e. The monoisotopic (exact) mass is 454 g/mol. The van der Waals surface area contributed by atoms with Crippen molar-refractivity contribution in [2.75, 3.05) is 12.4 Å². The molecule has 3 aromatic carbocycles. The third kappa shape index (κ3) is 5.23. The number of carbonyl (C=O) groups excluding carboxylic acids is 2. The lowest BCUT2D eigenvalue weighted by Gasteiger charge is -2.14. The molecule has 0 aliphatic heterocycles. The standard InChI is InChI=1S/C28H26N2O4/c1-19(31)21-10-13-24(14-11-21)29-27(32)18-30-26-17-25(34-2)15-12-22(26)16-23(28(30)33)9-8-20-6-4-3-5-7-20/h3-7,10-17H,8-9,18H2,1-2H3,(H,29,32). The van der Waals surface area contributed by atoms with Crippen LogP contribution in [0.25, 0.3) is 10.9 Å². The van der Waals surface area contributed by atoms with Crippen LogP contribution < -0.4 is 15.6 Å². The summed E-state index contributed by atoms with van der Waals surface area (Å²) in [6, 6.07) is 24.1. The number of nitrogens with zero attached hydrogens (tertiary/aromatic N) is 1. The van der Waals surface area contributed by atoms with Gasteiger partial charge in [-0.15, -0.1) is 0 Å². The number of hydrogen-bond acceptors (Lipinski definition) is 4.